The summed E-state index contributed by atoms with van der Waals surface area (Å²) in [4.78, 5) is 14.0. The third-order valence-corrected chi connectivity index (χ3v) is 3.68. The molecule has 0 aromatic rings. The molecule has 0 spiro atoms. The summed E-state index contributed by atoms with van der Waals surface area (Å²) in [5, 5.41) is 0. The Morgan fingerprint density at radius 2 is 1.64 bits per heavy atom. The molecule has 0 radical (unpaired) electrons. The van der Waals surface area contributed by atoms with Crippen LogP contribution in [-0.2, 0) is 4.79 Å². The molecule has 0 bridgehead atoms. The van der Waals surface area contributed by atoms with Gasteiger partial charge in [-0.15, -0.1) is 0 Å². The fourth-order valence-electron chi connectivity index (χ4n) is 2.67. The van der Waals surface area contributed by atoms with Crippen molar-refractivity contribution in [3.63, 3.8) is 0 Å². The number of nitrogens with zero attached hydrogens (tertiary/aromatic N) is 1. The van der Waals surface area contributed by atoms with Gasteiger partial charge in [-0.25, -0.2) is 0 Å². The van der Waals surface area contributed by atoms with Crippen LogP contribution in [0.15, 0.2) is 0 Å². The van der Waals surface area contributed by atoms with Crippen LogP contribution in [0.25, 0.3) is 0 Å². The van der Waals surface area contributed by atoms with Gasteiger partial charge < -0.3 is 4.90 Å². The summed E-state index contributed by atoms with van der Waals surface area (Å²) in [6, 6.07) is 0. The molecule has 0 aromatic heterocycles. The molecule has 2 heteroatoms. The van der Waals surface area contributed by atoms with Crippen LogP contribution >= 0.6 is 0 Å². The highest BCUT2D eigenvalue weighted by molar-refractivity contribution is 5.82. The van der Waals surface area contributed by atoms with Crippen LogP contribution in [0.5, 0.6) is 0 Å². The van der Waals surface area contributed by atoms with Gasteiger partial charge in [0, 0.05) is 14.1 Å². The van der Waals surface area contributed by atoms with E-state index in [1.54, 1.807) is 4.90 Å². The molecule has 1 aliphatic rings. The summed E-state index contributed by atoms with van der Waals surface area (Å²) in [5.74, 6) is 0.810. The normalized spacial score (nSPS) is 20.9. The van der Waals surface area contributed by atoms with Gasteiger partial charge in [0.25, 0.3) is 0 Å². The number of hydrogen-bond donors (Lipinski definition) is 0. The fourth-order valence-corrected chi connectivity index (χ4v) is 2.67. The molecule has 1 amide bonds. The van der Waals surface area contributed by atoms with Crippen molar-refractivity contribution in [2.45, 2.75) is 46.0 Å². The highest BCUT2D eigenvalue weighted by Crippen LogP contribution is 2.43. The van der Waals surface area contributed by atoms with Crippen molar-refractivity contribution in [2.24, 2.45) is 11.3 Å². The molecule has 1 saturated carbocycles. The van der Waals surface area contributed by atoms with Crippen LogP contribution < -0.4 is 0 Å². The number of amides is 1. The lowest BCUT2D eigenvalue weighted by molar-refractivity contribution is -0.144. The van der Waals surface area contributed by atoms with Gasteiger partial charge in [-0.2, -0.15) is 0 Å². The Hall–Kier alpha value is -0.530. The largest absolute Gasteiger partial charge is 0.348 e. The Balaban J connectivity index is 2.85. The average Bonchev–Trinajstić information content (AvgIpc) is 2.17. The first kappa shape index (κ1) is 11.5. The molecule has 0 saturated heterocycles. The van der Waals surface area contributed by atoms with Gasteiger partial charge in [0.05, 0.1) is 5.41 Å². The lowest BCUT2D eigenvalue weighted by atomic mass is 9.66. The zero-order valence-corrected chi connectivity index (χ0v) is 9.97. The van der Waals surface area contributed by atoms with E-state index >= 15 is 0 Å². The van der Waals surface area contributed by atoms with Gasteiger partial charge in [0.2, 0.25) is 5.91 Å². The maximum absolute atomic E-state index is 12.2. The van der Waals surface area contributed by atoms with Crippen molar-refractivity contribution in [2.75, 3.05) is 14.1 Å². The second-order valence-electron chi connectivity index (χ2n) is 5.07. The second kappa shape index (κ2) is 4.33. The van der Waals surface area contributed by atoms with E-state index in [4.69, 9.17) is 0 Å². The van der Waals surface area contributed by atoms with Crippen LogP contribution in [0.2, 0.25) is 0 Å². The molecule has 0 aromatic carbocycles. The highest BCUT2D eigenvalue weighted by Gasteiger charge is 2.42. The van der Waals surface area contributed by atoms with E-state index in [9.17, 15) is 4.79 Å². The molecule has 2 nitrogen and oxygen atoms in total. The van der Waals surface area contributed by atoms with Gasteiger partial charge >= 0.3 is 0 Å². The number of carbonyl (C=O) groups excluding carboxylic acids is 1. The molecule has 82 valence electrons. The minimum atomic E-state index is -0.0538. The van der Waals surface area contributed by atoms with Crippen molar-refractivity contribution < 1.29 is 4.79 Å². The summed E-state index contributed by atoms with van der Waals surface area (Å²) in [6.45, 7) is 4.37. The van der Waals surface area contributed by atoms with Crippen LogP contribution in [0.3, 0.4) is 0 Å². The Bertz CT molecular complexity index is 202. The van der Waals surface area contributed by atoms with Crippen molar-refractivity contribution in [3.8, 4) is 0 Å². The van der Waals surface area contributed by atoms with Crippen LogP contribution in [0, 0.1) is 11.3 Å². The molecule has 0 aliphatic heterocycles. The van der Waals surface area contributed by atoms with Crippen molar-refractivity contribution in [1.82, 2.24) is 4.90 Å². The Kier molecular flexibility index (Phi) is 3.57. The van der Waals surface area contributed by atoms with E-state index in [0.717, 1.165) is 12.8 Å². The predicted molar refractivity (Wildman–Crippen MR) is 59.1 cm³/mol. The number of hydrogen-bond acceptors (Lipinski definition) is 1. The first-order chi connectivity index (χ1) is 6.50. The summed E-state index contributed by atoms with van der Waals surface area (Å²) >= 11 is 0. The lowest BCUT2D eigenvalue weighted by Crippen LogP contribution is -2.45. The van der Waals surface area contributed by atoms with Crippen LogP contribution in [0.1, 0.15) is 46.0 Å². The third-order valence-electron chi connectivity index (χ3n) is 3.68. The maximum Gasteiger partial charge on any atom is 0.228 e. The molecule has 1 fully saturated rings. The van der Waals surface area contributed by atoms with Crippen molar-refractivity contribution in [3.05, 3.63) is 0 Å². The van der Waals surface area contributed by atoms with E-state index in [1.807, 2.05) is 14.1 Å². The molecule has 14 heavy (non-hydrogen) atoms. The van der Waals surface area contributed by atoms with E-state index in [0.29, 0.717) is 11.8 Å². The summed E-state index contributed by atoms with van der Waals surface area (Å²) in [5.41, 5.74) is -0.0538. The fraction of sp³-hybridized carbons (Fsp3) is 0.917. The molecule has 0 N–H and O–H groups in total. The molecule has 1 aliphatic carbocycles. The number of carbonyl (C=O) groups is 1. The Morgan fingerprint density at radius 3 is 2.00 bits per heavy atom. The zero-order valence-electron chi connectivity index (χ0n) is 9.97. The first-order valence-electron chi connectivity index (χ1n) is 5.72. The molecule has 0 heterocycles. The van der Waals surface area contributed by atoms with Crippen LogP contribution in [-0.4, -0.2) is 24.9 Å². The smallest absolute Gasteiger partial charge is 0.228 e. The second-order valence-corrected chi connectivity index (χ2v) is 5.07. The Labute approximate surface area is 87.7 Å². The third kappa shape index (κ3) is 1.94. The first-order valence-corrected chi connectivity index (χ1v) is 5.72. The van der Waals surface area contributed by atoms with Gasteiger partial charge in [-0.3, -0.25) is 4.79 Å². The molecule has 1 rings (SSSR count). The summed E-state index contributed by atoms with van der Waals surface area (Å²) < 4.78 is 0. The van der Waals surface area contributed by atoms with Gasteiger partial charge in [-0.05, 0) is 18.8 Å². The van der Waals surface area contributed by atoms with E-state index in [-0.39, 0.29) is 5.41 Å². The van der Waals surface area contributed by atoms with Crippen LogP contribution in [0.4, 0.5) is 0 Å². The standard InChI is InChI=1S/C12H23NO/c1-10(2)12(11(14)13(3)4)8-6-5-7-9-12/h10H,5-9H2,1-4H3. The van der Waals surface area contributed by atoms with Crippen molar-refractivity contribution >= 4 is 5.91 Å². The summed E-state index contributed by atoms with van der Waals surface area (Å²) in [7, 11) is 3.75. The minimum Gasteiger partial charge on any atom is -0.348 e. The van der Waals surface area contributed by atoms with E-state index in [1.165, 1.54) is 19.3 Å². The van der Waals surface area contributed by atoms with Gasteiger partial charge in [0.15, 0.2) is 0 Å². The number of rotatable bonds is 2. The summed E-state index contributed by atoms with van der Waals surface area (Å²) in [6.07, 6.45) is 5.91. The zero-order chi connectivity index (χ0) is 10.8. The molecule has 0 unspecified atom stereocenters. The topological polar surface area (TPSA) is 20.3 Å². The Morgan fingerprint density at radius 1 is 1.14 bits per heavy atom. The van der Waals surface area contributed by atoms with E-state index < -0.39 is 0 Å². The van der Waals surface area contributed by atoms with Gasteiger partial charge in [0.1, 0.15) is 0 Å². The predicted octanol–water partition coefficient (Wildman–Crippen LogP) is 2.68. The van der Waals surface area contributed by atoms with E-state index in [2.05, 4.69) is 13.8 Å². The minimum absolute atomic E-state index is 0.0538. The van der Waals surface area contributed by atoms with Crippen molar-refractivity contribution in [1.29, 1.82) is 0 Å². The average molecular weight is 197 g/mol. The monoisotopic (exact) mass is 197 g/mol. The SMILES string of the molecule is CC(C)C1(C(=O)N(C)C)CCCCC1. The van der Waals surface area contributed by atoms with Gasteiger partial charge in [-0.1, -0.05) is 33.1 Å². The highest BCUT2D eigenvalue weighted by atomic mass is 16.2. The molecular weight excluding hydrogens is 174 g/mol. The molecule has 0 atom stereocenters. The molecular formula is C12H23NO. The quantitative estimate of drug-likeness (QED) is 0.666. The maximum atomic E-state index is 12.2. The lowest BCUT2D eigenvalue weighted by Gasteiger charge is -2.41.